The van der Waals surface area contributed by atoms with Gasteiger partial charge in [-0.1, -0.05) is 18.2 Å². The fourth-order valence-electron chi connectivity index (χ4n) is 3.42. The van der Waals surface area contributed by atoms with E-state index < -0.39 is 5.97 Å². The molecule has 3 rings (SSSR count). The van der Waals surface area contributed by atoms with E-state index in [4.69, 9.17) is 5.11 Å². The van der Waals surface area contributed by atoms with Crippen LogP contribution in [0, 0.1) is 13.8 Å². The van der Waals surface area contributed by atoms with Crippen LogP contribution in [0.2, 0.25) is 0 Å². The zero-order valence-corrected chi connectivity index (χ0v) is 14.6. The second-order valence-electron chi connectivity index (χ2n) is 6.67. The van der Waals surface area contributed by atoms with Crippen molar-refractivity contribution in [1.29, 1.82) is 0 Å². The maximum absolute atomic E-state index is 12.6. The van der Waals surface area contributed by atoms with E-state index >= 15 is 0 Å². The number of carboxylic acids is 1. The molecule has 0 saturated carbocycles. The summed E-state index contributed by atoms with van der Waals surface area (Å²) in [5.41, 5.74) is 3.63. The predicted octanol–water partition coefficient (Wildman–Crippen LogP) is 2.60. The summed E-state index contributed by atoms with van der Waals surface area (Å²) in [4.78, 5) is 25.5. The molecule has 2 heterocycles. The highest BCUT2D eigenvalue weighted by molar-refractivity contribution is 5.86. The summed E-state index contributed by atoms with van der Waals surface area (Å²) in [6, 6.07) is 6.25. The van der Waals surface area contributed by atoms with E-state index in [1.54, 1.807) is 10.9 Å². The van der Waals surface area contributed by atoms with E-state index in [1.165, 1.54) is 6.20 Å². The van der Waals surface area contributed by atoms with Gasteiger partial charge in [0.2, 0.25) is 5.91 Å². The van der Waals surface area contributed by atoms with Gasteiger partial charge in [0.05, 0.1) is 24.2 Å². The topological polar surface area (TPSA) is 75.4 Å². The van der Waals surface area contributed by atoms with Crippen molar-refractivity contribution in [3.63, 3.8) is 0 Å². The Kier molecular flexibility index (Phi) is 4.88. The molecule has 0 atom stereocenters. The first kappa shape index (κ1) is 17.2. The van der Waals surface area contributed by atoms with Crippen LogP contribution >= 0.6 is 0 Å². The lowest BCUT2D eigenvalue weighted by Gasteiger charge is -2.32. The van der Waals surface area contributed by atoms with E-state index in [-0.39, 0.29) is 17.5 Å². The number of aromatic carboxylic acids is 1. The van der Waals surface area contributed by atoms with Gasteiger partial charge >= 0.3 is 5.97 Å². The van der Waals surface area contributed by atoms with Crippen molar-refractivity contribution in [3.05, 3.63) is 52.8 Å². The number of piperidine rings is 1. The van der Waals surface area contributed by atoms with Gasteiger partial charge < -0.3 is 10.0 Å². The highest BCUT2D eigenvalue weighted by atomic mass is 16.4. The van der Waals surface area contributed by atoms with Gasteiger partial charge in [-0.3, -0.25) is 9.48 Å². The molecule has 1 aliphatic heterocycles. The van der Waals surface area contributed by atoms with E-state index in [0.29, 0.717) is 19.5 Å². The summed E-state index contributed by atoms with van der Waals surface area (Å²) in [6.07, 6.45) is 4.97. The van der Waals surface area contributed by atoms with Crippen LogP contribution in [0.1, 0.15) is 45.9 Å². The summed E-state index contributed by atoms with van der Waals surface area (Å²) < 4.78 is 1.72. The predicted molar refractivity (Wildman–Crippen MR) is 93.7 cm³/mol. The Morgan fingerprint density at radius 3 is 2.40 bits per heavy atom. The van der Waals surface area contributed by atoms with E-state index in [2.05, 4.69) is 5.10 Å². The third-order valence-electron chi connectivity index (χ3n) is 5.01. The highest BCUT2D eigenvalue weighted by Crippen LogP contribution is 2.23. The molecule has 2 aromatic rings. The van der Waals surface area contributed by atoms with Crippen molar-refractivity contribution in [3.8, 4) is 0 Å². The third kappa shape index (κ3) is 3.73. The minimum atomic E-state index is -0.965. The fraction of sp³-hybridized carbons (Fsp3) is 0.421. The van der Waals surface area contributed by atoms with Crippen molar-refractivity contribution in [2.45, 2.75) is 39.2 Å². The number of carbonyl (C=O) groups excluding carboxylic acids is 1. The number of aromatic nitrogens is 2. The molecule has 0 radical (unpaired) electrons. The second-order valence-corrected chi connectivity index (χ2v) is 6.67. The van der Waals surface area contributed by atoms with Crippen LogP contribution < -0.4 is 0 Å². The molecule has 6 heteroatoms. The fourth-order valence-corrected chi connectivity index (χ4v) is 3.42. The number of likely N-dealkylation sites (tertiary alicyclic amines) is 1. The number of rotatable bonds is 4. The average molecular weight is 341 g/mol. The lowest BCUT2D eigenvalue weighted by Crippen LogP contribution is -2.40. The number of amides is 1. The average Bonchev–Trinajstić information content (AvgIpc) is 3.09. The van der Waals surface area contributed by atoms with E-state index in [0.717, 1.165) is 29.5 Å². The van der Waals surface area contributed by atoms with Gasteiger partial charge in [0, 0.05) is 19.3 Å². The molecule has 1 amide bonds. The second kappa shape index (κ2) is 7.09. The summed E-state index contributed by atoms with van der Waals surface area (Å²) in [5, 5.41) is 13.1. The first-order valence-corrected chi connectivity index (χ1v) is 8.56. The normalized spacial score (nSPS) is 15.4. The number of carbonyl (C=O) groups is 2. The molecule has 6 nitrogen and oxygen atoms in total. The van der Waals surface area contributed by atoms with Crippen molar-refractivity contribution in [1.82, 2.24) is 14.7 Å². The Balaban J connectivity index is 1.60. The van der Waals surface area contributed by atoms with Crippen LogP contribution in [0.3, 0.4) is 0 Å². The van der Waals surface area contributed by atoms with Crippen molar-refractivity contribution in [2.24, 2.45) is 0 Å². The van der Waals surface area contributed by atoms with Crippen LogP contribution in [-0.4, -0.2) is 44.8 Å². The number of aryl methyl sites for hydroxylation is 2. The molecule has 0 unspecified atom stereocenters. The lowest BCUT2D eigenvalue weighted by atomic mass is 9.98. The van der Waals surface area contributed by atoms with Gasteiger partial charge in [-0.05, 0) is 43.4 Å². The molecule has 1 aliphatic rings. The minimum Gasteiger partial charge on any atom is -0.478 e. The number of hydrogen-bond acceptors (Lipinski definition) is 3. The molecular weight excluding hydrogens is 318 g/mol. The number of carboxylic acid groups (broad SMARTS) is 1. The Bertz CT molecular complexity index is 769. The van der Waals surface area contributed by atoms with Gasteiger partial charge in [0.25, 0.3) is 0 Å². The van der Waals surface area contributed by atoms with Gasteiger partial charge in [-0.2, -0.15) is 5.10 Å². The highest BCUT2D eigenvalue weighted by Gasteiger charge is 2.25. The molecule has 1 saturated heterocycles. The molecule has 0 aliphatic carbocycles. The zero-order chi connectivity index (χ0) is 18.0. The number of nitrogens with zero attached hydrogens (tertiary/aromatic N) is 3. The lowest BCUT2D eigenvalue weighted by molar-refractivity contribution is -0.131. The van der Waals surface area contributed by atoms with Crippen molar-refractivity contribution >= 4 is 11.9 Å². The first-order valence-electron chi connectivity index (χ1n) is 8.56. The largest absolute Gasteiger partial charge is 0.478 e. The molecule has 1 fully saturated rings. The molecule has 1 aromatic heterocycles. The van der Waals surface area contributed by atoms with Crippen LogP contribution in [0.25, 0.3) is 0 Å². The van der Waals surface area contributed by atoms with Crippen LogP contribution in [0.4, 0.5) is 0 Å². The van der Waals surface area contributed by atoms with Crippen molar-refractivity contribution in [2.75, 3.05) is 13.1 Å². The summed E-state index contributed by atoms with van der Waals surface area (Å²) >= 11 is 0. The van der Waals surface area contributed by atoms with Gasteiger partial charge in [0.1, 0.15) is 0 Å². The molecule has 0 spiro atoms. The maximum Gasteiger partial charge on any atom is 0.338 e. The molecule has 1 aromatic carbocycles. The Hall–Kier alpha value is -2.63. The van der Waals surface area contributed by atoms with Crippen LogP contribution in [0.5, 0.6) is 0 Å². The van der Waals surface area contributed by atoms with Crippen LogP contribution in [-0.2, 0) is 11.2 Å². The first-order chi connectivity index (χ1) is 12.0. The maximum atomic E-state index is 12.6. The van der Waals surface area contributed by atoms with E-state index in [9.17, 15) is 9.59 Å². The van der Waals surface area contributed by atoms with Crippen LogP contribution in [0.15, 0.2) is 30.6 Å². The Morgan fingerprint density at radius 2 is 1.84 bits per heavy atom. The monoisotopic (exact) mass is 341 g/mol. The SMILES string of the molecule is Cc1cccc(C)c1CC(=O)N1CCC(n2cc(C(=O)O)cn2)CC1. The molecule has 1 N–H and O–H groups in total. The minimum absolute atomic E-state index is 0.150. The summed E-state index contributed by atoms with van der Waals surface area (Å²) in [5.74, 6) is -0.810. The van der Waals surface area contributed by atoms with Gasteiger partial charge in [-0.15, -0.1) is 0 Å². The summed E-state index contributed by atoms with van der Waals surface area (Å²) in [6.45, 7) is 5.44. The summed E-state index contributed by atoms with van der Waals surface area (Å²) in [7, 11) is 0. The molecular formula is C19H23N3O3. The zero-order valence-electron chi connectivity index (χ0n) is 14.6. The number of hydrogen-bond donors (Lipinski definition) is 1. The molecule has 132 valence electrons. The molecule has 0 bridgehead atoms. The van der Waals surface area contributed by atoms with Gasteiger partial charge in [0.15, 0.2) is 0 Å². The van der Waals surface area contributed by atoms with Crippen molar-refractivity contribution < 1.29 is 14.7 Å². The van der Waals surface area contributed by atoms with E-state index in [1.807, 2.05) is 36.9 Å². The standard InChI is InChI=1S/C19H23N3O3/c1-13-4-3-5-14(2)17(13)10-18(23)21-8-6-16(7-9-21)22-12-15(11-20-22)19(24)25/h3-5,11-12,16H,6-10H2,1-2H3,(H,24,25). The Labute approximate surface area is 147 Å². The third-order valence-corrected chi connectivity index (χ3v) is 5.01. The Morgan fingerprint density at radius 1 is 1.20 bits per heavy atom. The quantitative estimate of drug-likeness (QED) is 0.927. The number of benzene rings is 1. The van der Waals surface area contributed by atoms with Gasteiger partial charge in [-0.25, -0.2) is 4.79 Å². The smallest absolute Gasteiger partial charge is 0.338 e. The molecule has 25 heavy (non-hydrogen) atoms.